The maximum Gasteiger partial charge on any atom is 0.273 e. The SMILES string of the molecule is Cc1cc(C(=O)NC(C)Cn2cncn2)no1. The third-order valence-electron chi connectivity index (χ3n) is 2.17. The summed E-state index contributed by atoms with van der Waals surface area (Å²) in [6, 6.07) is 1.53. The van der Waals surface area contributed by atoms with Gasteiger partial charge in [0.05, 0.1) is 6.54 Å². The predicted molar refractivity (Wildman–Crippen MR) is 58.2 cm³/mol. The van der Waals surface area contributed by atoms with Gasteiger partial charge in [-0.1, -0.05) is 5.16 Å². The average Bonchev–Trinajstić information content (AvgIpc) is 2.89. The monoisotopic (exact) mass is 235 g/mol. The van der Waals surface area contributed by atoms with E-state index in [1.807, 2.05) is 6.92 Å². The van der Waals surface area contributed by atoms with Gasteiger partial charge in [0.25, 0.3) is 5.91 Å². The number of rotatable bonds is 4. The summed E-state index contributed by atoms with van der Waals surface area (Å²) < 4.78 is 6.49. The fourth-order valence-corrected chi connectivity index (χ4v) is 1.42. The van der Waals surface area contributed by atoms with Gasteiger partial charge in [0.15, 0.2) is 5.69 Å². The first-order valence-electron chi connectivity index (χ1n) is 5.22. The Balaban J connectivity index is 1.90. The van der Waals surface area contributed by atoms with E-state index in [0.717, 1.165) is 0 Å². The number of aryl methyl sites for hydroxylation is 1. The van der Waals surface area contributed by atoms with Crippen LogP contribution in [0.3, 0.4) is 0 Å². The van der Waals surface area contributed by atoms with Crippen molar-refractivity contribution in [1.29, 1.82) is 0 Å². The summed E-state index contributed by atoms with van der Waals surface area (Å²) in [6.45, 7) is 4.18. The molecule has 2 aromatic rings. The molecule has 1 N–H and O–H groups in total. The van der Waals surface area contributed by atoms with E-state index < -0.39 is 0 Å². The number of nitrogens with zero attached hydrogens (tertiary/aromatic N) is 4. The van der Waals surface area contributed by atoms with Crippen molar-refractivity contribution in [2.75, 3.05) is 0 Å². The average molecular weight is 235 g/mol. The summed E-state index contributed by atoms with van der Waals surface area (Å²) >= 11 is 0. The molecule has 0 spiro atoms. The third-order valence-corrected chi connectivity index (χ3v) is 2.17. The lowest BCUT2D eigenvalue weighted by Gasteiger charge is -2.12. The van der Waals surface area contributed by atoms with Crippen LogP contribution in [0, 0.1) is 6.92 Å². The number of carbonyl (C=O) groups is 1. The molecule has 0 aliphatic carbocycles. The van der Waals surface area contributed by atoms with Crippen molar-refractivity contribution < 1.29 is 9.32 Å². The van der Waals surface area contributed by atoms with E-state index in [9.17, 15) is 4.79 Å². The quantitative estimate of drug-likeness (QED) is 0.828. The zero-order valence-corrected chi connectivity index (χ0v) is 9.62. The molecule has 2 rings (SSSR count). The Morgan fingerprint density at radius 1 is 1.65 bits per heavy atom. The molecule has 0 saturated carbocycles. The van der Waals surface area contributed by atoms with E-state index in [-0.39, 0.29) is 17.6 Å². The van der Waals surface area contributed by atoms with Crippen molar-refractivity contribution in [3.05, 3.63) is 30.2 Å². The molecular weight excluding hydrogens is 222 g/mol. The fraction of sp³-hybridized carbons (Fsp3) is 0.400. The van der Waals surface area contributed by atoms with Crippen LogP contribution in [0.1, 0.15) is 23.2 Å². The molecule has 1 unspecified atom stereocenters. The number of aromatic nitrogens is 4. The van der Waals surface area contributed by atoms with Gasteiger partial charge in [-0.2, -0.15) is 5.10 Å². The molecule has 0 radical (unpaired) electrons. The molecule has 0 fully saturated rings. The van der Waals surface area contributed by atoms with Crippen LogP contribution in [0.5, 0.6) is 0 Å². The fourth-order valence-electron chi connectivity index (χ4n) is 1.42. The standard InChI is InChI=1S/C10H13N5O2/c1-7(4-15-6-11-5-12-15)13-10(16)9-3-8(2)17-14-9/h3,5-7H,4H2,1-2H3,(H,13,16). The normalized spacial score (nSPS) is 12.4. The largest absolute Gasteiger partial charge is 0.361 e. The van der Waals surface area contributed by atoms with Crippen LogP contribution in [-0.4, -0.2) is 31.9 Å². The highest BCUT2D eigenvalue weighted by atomic mass is 16.5. The second-order valence-corrected chi connectivity index (χ2v) is 3.81. The highest BCUT2D eigenvalue weighted by Crippen LogP contribution is 2.01. The first kappa shape index (κ1) is 11.3. The molecule has 7 heteroatoms. The lowest BCUT2D eigenvalue weighted by molar-refractivity contribution is 0.0927. The third kappa shape index (κ3) is 2.90. The highest BCUT2D eigenvalue weighted by molar-refractivity contribution is 5.92. The smallest absolute Gasteiger partial charge is 0.273 e. The van der Waals surface area contributed by atoms with Gasteiger partial charge in [-0.25, -0.2) is 4.98 Å². The summed E-state index contributed by atoms with van der Waals surface area (Å²) in [5.41, 5.74) is 0.285. The topological polar surface area (TPSA) is 85.8 Å². The van der Waals surface area contributed by atoms with Crippen LogP contribution < -0.4 is 5.32 Å². The molecule has 0 saturated heterocycles. The van der Waals surface area contributed by atoms with E-state index in [2.05, 4.69) is 20.6 Å². The van der Waals surface area contributed by atoms with E-state index in [4.69, 9.17) is 4.52 Å². The summed E-state index contributed by atoms with van der Waals surface area (Å²) in [5.74, 6) is 0.355. The number of hydrogen-bond donors (Lipinski definition) is 1. The Morgan fingerprint density at radius 3 is 3.06 bits per heavy atom. The minimum atomic E-state index is -0.255. The first-order valence-corrected chi connectivity index (χ1v) is 5.22. The Labute approximate surface area is 97.8 Å². The minimum absolute atomic E-state index is 0.0683. The Hall–Kier alpha value is -2.18. The Morgan fingerprint density at radius 2 is 2.47 bits per heavy atom. The van der Waals surface area contributed by atoms with Crippen molar-refractivity contribution in [2.45, 2.75) is 26.4 Å². The summed E-state index contributed by atoms with van der Waals surface area (Å²) in [7, 11) is 0. The van der Waals surface area contributed by atoms with Crippen LogP contribution in [-0.2, 0) is 6.54 Å². The summed E-state index contributed by atoms with van der Waals surface area (Å²) in [5, 5.41) is 10.4. The van der Waals surface area contributed by atoms with Crippen molar-refractivity contribution in [2.24, 2.45) is 0 Å². The summed E-state index contributed by atoms with van der Waals surface area (Å²) in [6.07, 6.45) is 3.05. The Bertz CT molecular complexity index is 491. The van der Waals surface area contributed by atoms with E-state index in [1.54, 1.807) is 24.0 Å². The van der Waals surface area contributed by atoms with Crippen molar-refractivity contribution in [3.8, 4) is 0 Å². The lowest BCUT2D eigenvalue weighted by Crippen LogP contribution is -2.35. The van der Waals surface area contributed by atoms with Gasteiger partial charge in [0, 0.05) is 12.1 Å². The van der Waals surface area contributed by atoms with Gasteiger partial charge >= 0.3 is 0 Å². The number of carbonyl (C=O) groups excluding carboxylic acids is 1. The summed E-state index contributed by atoms with van der Waals surface area (Å²) in [4.78, 5) is 15.5. The molecule has 2 aromatic heterocycles. The zero-order valence-electron chi connectivity index (χ0n) is 9.62. The number of nitrogens with one attached hydrogen (secondary N) is 1. The maximum absolute atomic E-state index is 11.7. The first-order chi connectivity index (χ1) is 8.15. The second kappa shape index (κ2) is 4.77. The van der Waals surface area contributed by atoms with Crippen molar-refractivity contribution in [1.82, 2.24) is 25.2 Å². The second-order valence-electron chi connectivity index (χ2n) is 3.81. The van der Waals surface area contributed by atoms with E-state index in [0.29, 0.717) is 12.3 Å². The molecule has 17 heavy (non-hydrogen) atoms. The molecule has 0 aliphatic heterocycles. The minimum Gasteiger partial charge on any atom is -0.361 e. The van der Waals surface area contributed by atoms with Gasteiger partial charge in [-0.3, -0.25) is 9.48 Å². The van der Waals surface area contributed by atoms with Crippen molar-refractivity contribution >= 4 is 5.91 Å². The van der Waals surface area contributed by atoms with Crippen LogP contribution >= 0.6 is 0 Å². The van der Waals surface area contributed by atoms with Gasteiger partial charge in [-0.15, -0.1) is 0 Å². The van der Waals surface area contributed by atoms with E-state index >= 15 is 0 Å². The van der Waals surface area contributed by atoms with E-state index in [1.165, 1.54) is 6.33 Å². The van der Waals surface area contributed by atoms with Gasteiger partial charge in [0.1, 0.15) is 18.4 Å². The molecule has 1 atom stereocenters. The molecule has 7 nitrogen and oxygen atoms in total. The van der Waals surface area contributed by atoms with Crippen LogP contribution in [0.25, 0.3) is 0 Å². The zero-order chi connectivity index (χ0) is 12.3. The van der Waals surface area contributed by atoms with Gasteiger partial charge in [-0.05, 0) is 13.8 Å². The molecule has 90 valence electrons. The van der Waals surface area contributed by atoms with Crippen LogP contribution in [0.15, 0.2) is 23.2 Å². The molecule has 0 aliphatic rings. The number of hydrogen-bond acceptors (Lipinski definition) is 5. The van der Waals surface area contributed by atoms with Gasteiger partial charge < -0.3 is 9.84 Å². The van der Waals surface area contributed by atoms with Crippen LogP contribution in [0.2, 0.25) is 0 Å². The molecule has 0 aromatic carbocycles. The van der Waals surface area contributed by atoms with Crippen molar-refractivity contribution in [3.63, 3.8) is 0 Å². The molecule has 2 heterocycles. The molecule has 1 amide bonds. The number of amides is 1. The lowest BCUT2D eigenvalue weighted by atomic mass is 10.3. The molecular formula is C10H13N5O2. The maximum atomic E-state index is 11.7. The predicted octanol–water partition coefficient (Wildman–Crippen LogP) is 0.393. The molecule has 0 bridgehead atoms. The van der Waals surface area contributed by atoms with Crippen LogP contribution in [0.4, 0.5) is 0 Å². The Kier molecular flexibility index (Phi) is 3.17. The highest BCUT2D eigenvalue weighted by Gasteiger charge is 2.13. The van der Waals surface area contributed by atoms with Gasteiger partial charge in [0.2, 0.25) is 0 Å².